The second kappa shape index (κ2) is 6.63. The minimum Gasteiger partial charge on any atom is -0.298 e. The van der Waals surface area contributed by atoms with E-state index in [9.17, 15) is 18.0 Å². The van der Waals surface area contributed by atoms with Crippen LogP contribution in [-0.4, -0.2) is 16.1 Å². The van der Waals surface area contributed by atoms with E-state index in [1.165, 1.54) is 24.4 Å². The molecule has 130 valence electrons. The quantitative estimate of drug-likeness (QED) is 0.581. The molecule has 0 unspecified atom stereocenters. The Morgan fingerprint density at radius 2 is 1.75 bits per heavy atom. The average molecular weight is 356 g/mol. The van der Waals surface area contributed by atoms with Crippen LogP contribution in [0.3, 0.4) is 0 Å². The third-order valence-corrected chi connectivity index (χ3v) is 4.85. The van der Waals surface area contributed by atoms with Crippen molar-refractivity contribution in [3.05, 3.63) is 46.6 Å². The molecule has 0 radical (unpaired) electrons. The number of carbonyl (C=O) groups excluding carboxylic acids is 1. The molecule has 0 aliphatic heterocycles. The Bertz CT molecular complexity index is 728. The fourth-order valence-corrected chi connectivity index (χ4v) is 3.29. The van der Waals surface area contributed by atoms with Crippen LogP contribution in [-0.2, 0) is 24.4 Å². The maximum absolute atomic E-state index is 12.9. The fourth-order valence-electron chi connectivity index (χ4n) is 2.26. The minimum absolute atomic E-state index is 0.0417. The molecule has 1 aromatic heterocycles. The normalized spacial score (nSPS) is 12.5. The van der Waals surface area contributed by atoms with Gasteiger partial charge in [-0.15, -0.1) is 11.8 Å². The molecule has 2 aromatic rings. The van der Waals surface area contributed by atoms with E-state index in [0.29, 0.717) is 5.75 Å². The topological polar surface area (TPSA) is 34.9 Å². The standard InChI is InChI=1S/C17H19F3N2OS/c1-16(2,3)12-7-5-11(6-8-12)10-24-15-13(9-23)14(17(18,19)20)21-22(15)4/h5-9H,10H2,1-4H3. The van der Waals surface area contributed by atoms with Crippen LogP contribution in [0.1, 0.15) is 48.0 Å². The summed E-state index contributed by atoms with van der Waals surface area (Å²) in [5.41, 5.74) is 0.663. The zero-order valence-electron chi connectivity index (χ0n) is 13.9. The smallest absolute Gasteiger partial charge is 0.298 e. The molecule has 0 aliphatic rings. The number of alkyl halides is 3. The van der Waals surface area contributed by atoms with Crippen LogP contribution in [0.5, 0.6) is 0 Å². The monoisotopic (exact) mass is 356 g/mol. The highest BCUT2D eigenvalue weighted by Gasteiger charge is 2.38. The Balaban J connectivity index is 2.21. The molecule has 24 heavy (non-hydrogen) atoms. The van der Waals surface area contributed by atoms with Gasteiger partial charge in [0, 0.05) is 12.8 Å². The van der Waals surface area contributed by atoms with Crippen molar-refractivity contribution in [1.82, 2.24) is 9.78 Å². The molecule has 0 N–H and O–H groups in total. The Hall–Kier alpha value is -1.76. The van der Waals surface area contributed by atoms with Gasteiger partial charge in [0.1, 0.15) is 5.03 Å². The summed E-state index contributed by atoms with van der Waals surface area (Å²) < 4.78 is 39.8. The number of halogens is 3. The number of aromatic nitrogens is 2. The van der Waals surface area contributed by atoms with E-state index >= 15 is 0 Å². The molecule has 0 atom stereocenters. The Kier molecular flexibility index (Phi) is 5.13. The van der Waals surface area contributed by atoms with Crippen LogP contribution in [0.25, 0.3) is 0 Å². The van der Waals surface area contributed by atoms with Gasteiger partial charge in [-0.3, -0.25) is 9.48 Å². The van der Waals surface area contributed by atoms with Crippen molar-refractivity contribution < 1.29 is 18.0 Å². The Morgan fingerprint density at radius 3 is 2.21 bits per heavy atom. The van der Waals surface area contributed by atoms with Gasteiger partial charge < -0.3 is 0 Å². The average Bonchev–Trinajstić information content (AvgIpc) is 2.81. The summed E-state index contributed by atoms with van der Waals surface area (Å²) in [6, 6.07) is 7.94. The van der Waals surface area contributed by atoms with Crippen molar-refractivity contribution in [1.29, 1.82) is 0 Å². The van der Waals surface area contributed by atoms with Crippen LogP contribution in [0.4, 0.5) is 13.2 Å². The van der Waals surface area contributed by atoms with Crippen LogP contribution in [0.2, 0.25) is 0 Å². The van der Waals surface area contributed by atoms with Crippen molar-refractivity contribution >= 4 is 18.0 Å². The summed E-state index contributed by atoms with van der Waals surface area (Å²) in [6.07, 6.45) is -4.41. The zero-order chi connectivity index (χ0) is 18.1. The number of aryl methyl sites for hydroxylation is 1. The number of hydrogen-bond acceptors (Lipinski definition) is 3. The molecule has 3 nitrogen and oxygen atoms in total. The summed E-state index contributed by atoms with van der Waals surface area (Å²) in [5, 5.41) is 3.67. The van der Waals surface area contributed by atoms with Crippen molar-refractivity contribution in [2.75, 3.05) is 0 Å². The molecular formula is C17H19F3N2OS. The molecule has 0 aliphatic carbocycles. The van der Waals surface area contributed by atoms with Gasteiger partial charge in [0.05, 0.1) is 5.56 Å². The van der Waals surface area contributed by atoms with E-state index in [4.69, 9.17) is 0 Å². The lowest BCUT2D eigenvalue weighted by Gasteiger charge is -2.19. The molecule has 0 saturated heterocycles. The molecular weight excluding hydrogens is 337 g/mol. The third kappa shape index (κ3) is 4.01. The van der Waals surface area contributed by atoms with Crippen molar-refractivity contribution in [2.24, 2.45) is 7.05 Å². The van der Waals surface area contributed by atoms with Crippen molar-refractivity contribution in [3.8, 4) is 0 Å². The maximum atomic E-state index is 12.9. The molecule has 0 saturated carbocycles. The van der Waals surface area contributed by atoms with Crippen LogP contribution >= 0.6 is 11.8 Å². The molecule has 0 spiro atoms. The number of benzene rings is 1. The molecule has 0 amide bonds. The summed E-state index contributed by atoms with van der Waals surface area (Å²) >= 11 is 1.17. The number of aldehydes is 1. The first-order valence-electron chi connectivity index (χ1n) is 7.35. The van der Waals surface area contributed by atoms with Crippen molar-refractivity contribution in [3.63, 3.8) is 0 Å². The number of rotatable bonds is 4. The van der Waals surface area contributed by atoms with Crippen LogP contribution in [0, 0.1) is 0 Å². The summed E-state index contributed by atoms with van der Waals surface area (Å²) in [6.45, 7) is 6.34. The lowest BCUT2D eigenvalue weighted by molar-refractivity contribution is -0.141. The lowest BCUT2D eigenvalue weighted by atomic mass is 9.87. The van der Waals surface area contributed by atoms with Gasteiger partial charge in [-0.1, -0.05) is 45.0 Å². The second-order valence-electron chi connectivity index (χ2n) is 6.54. The van der Waals surface area contributed by atoms with E-state index < -0.39 is 17.4 Å². The summed E-state index contributed by atoms with van der Waals surface area (Å²) in [4.78, 5) is 11.1. The molecule has 0 fully saturated rings. The highest BCUT2D eigenvalue weighted by molar-refractivity contribution is 7.98. The van der Waals surface area contributed by atoms with E-state index in [-0.39, 0.29) is 16.7 Å². The summed E-state index contributed by atoms with van der Waals surface area (Å²) in [7, 11) is 1.41. The number of carbonyl (C=O) groups is 1. The van der Waals surface area contributed by atoms with E-state index in [0.717, 1.165) is 10.2 Å². The SMILES string of the molecule is Cn1nc(C(F)(F)F)c(C=O)c1SCc1ccc(C(C)(C)C)cc1. The van der Waals surface area contributed by atoms with Gasteiger partial charge in [0.25, 0.3) is 0 Å². The van der Waals surface area contributed by atoms with Gasteiger partial charge in [-0.25, -0.2) is 0 Å². The van der Waals surface area contributed by atoms with E-state index in [1.807, 2.05) is 24.3 Å². The van der Waals surface area contributed by atoms with Gasteiger partial charge in [0.2, 0.25) is 0 Å². The Morgan fingerprint density at radius 1 is 1.17 bits per heavy atom. The van der Waals surface area contributed by atoms with Crippen molar-refractivity contribution in [2.45, 2.75) is 43.1 Å². The molecule has 1 aromatic carbocycles. The van der Waals surface area contributed by atoms with Crippen LogP contribution in [0.15, 0.2) is 29.3 Å². The first kappa shape index (κ1) is 18.6. The Labute approximate surface area is 143 Å². The first-order chi connectivity index (χ1) is 11.0. The molecule has 1 heterocycles. The minimum atomic E-state index is -4.64. The van der Waals surface area contributed by atoms with Gasteiger partial charge in [-0.05, 0) is 16.5 Å². The predicted octanol–water partition coefficient (Wildman–Crippen LogP) is 4.84. The zero-order valence-corrected chi connectivity index (χ0v) is 14.8. The predicted molar refractivity (Wildman–Crippen MR) is 88.3 cm³/mol. The molecule has 7 heteroatoms. The summed E-state index contributed by atoms with van der Waals surface area (Å²) in [5.74, 6) is 0.460. The van der Waals surface area contributed by atoms with Gasteiger partial charge >= 0.3 is 6.18 Å². The largest absolute Gasteiger partial charge is 0.435 e. The maximum Gasteiger partial charge on any atom is 0.435 e. The van der Waals surface area contributed by atoms with Crippen LogP contribution < -0.4 is 0 Å². The van der Waals surface area contributed by atoms with E-state index in [2.05, 4.69) is 25.9 Å². The molecule has 2 rings (SSSR count). The second-order valence-corrected chi connectivity index (χ2v) is 7.51. The number of nitrogens with zero attached hydrogens (tertiary/aromatic N) is 2. The van der Waals surface area contributed by atoms with Gasteiger partial charge in [0.15, 0.2) is 12.0 Å². The third-order valence-electron chi connectivity index (χ3n) is 3.61. The lowest BCUT2D eigenvalue weighted by Crippen LogP contribution is -2.10. The number of thioether (sulfide) groups is 1. The highest BCUT2D eigenvalue weighted by Crippen LogP contribution is 2.36. The number of hydrogen-bond donors (Lipinski definition) is 0. The highest BCUT2D eigenvalue weighted by atomic mass is 32.2. The first-order valence-corrected chi connectivity index (χ1v) is 8.34. The fraction of sp³-hybridized carbons (Fsp3) is 0.412. The van der Waals surface area contributed by atoms with Gasteiger partial charge in [-0.2, -0.15) is 18.3 Å². The molecule has 0 bridgehead atoms. The van der Waals surface area contributed by atoms with E-state index in [1.54, 1.807) is 0 Å².